The fraction of sp³-hybridized carbons (Fsp3) is 0.167. The molecule has 0 aliphatic rings. The third kappa shape index (κ3) is 4.34. The zero-order chi connectivity index (χ0) is 13.5. The van der Waals surface area contributed by atoms with Gasteiger partial charge in [-0.05, 0) is 23.8 Å². The van der Waals surface area contributed by atoms with Gasteiger partial charge in [-0.2, -0.15) is 0 Å². The van der Waals surface area contributed by atoms with E-state index in [0.717, 1.165) is 6.08 Å². The number of carbonyl (C=O) groups is 2. The number of aliphatic carboxylic acids is 1. The minimum atomic E-state index is -1.35. The molecule has 0 aliphatic heterocycles. The molecule has 3 N–H and O–H groups in total. The number of benzene rings is 1. The maximum absolute atomic E-state index is 12.8. The van der Waals surface area contributed by atoms with Gasteiger partial charge < -0.3 is 15.5 Å². The van der Waals surface area contributed by atoms with Gasteiger partial charge in [0.1, 0.15) is 5.82 Å². The second-order valence-corrected chi connectivity index (χ2v) is 3.47. The number of amides is 1. The highest BCUT2D eigenvalue weighted by Crippen LogP contribution is 2.05. The number of aliphatic hydroxyl groups excluding tert-OH is 1. The van der Waals surface area contributed by atoms with Crippen LogP contribution in [0.4, 0.5) is 4.39 Å². The summed E-state index contributed by atoms with van der Waals surface area (Å²) in [5.41, 5.74) is 0.473. The molecular formula is C12H12FNO4. The monoisotopic (exact) mass is 253 g/mol. The Kier molecular flexibility index (Phi) is 5.01. The van der Waals surface area contributed by atoms with E-state index in [2.05, 4.69) is 5.32 Å². The van der Waals surface area contributed by atoms with E-state index < -0.39 is 30.3 Å². The molecule has 6 heteroatoms. The molecular weight excluding hydrogens is 241 g/mol. The first-order chi connectivity index (χ1) is 8.52. The highest BCUT2D eigenvalue weighted by molar-refractivity contribution is 5.94. The highest BCUT2D eigenvalue weighted by atomic mass is 19.1. The predicted molar refractivity (Wildman–Crippen MR) is 62.1 cm³/mol. The molecule has 18 heavy (non-hydrogen) atoms. The maximum atomic E-state index is 12.8. The molecule has 0 aliphatic carbocycles. The topological polar surface area (TPSA) is 86.6 Å². The van der Waals surface area contributed by atoms with E-state index in [0.29, 0.717) is 5.56 Å². The van der Waals surface area contributed by atoms with E-state index in [1.807, 2.05) is 0 Å². The molecule has 1 atom stereocenters. The minimum absolute atomic E-state index is 0.434. The summed E-state index contributed by atoms with van der Waals surface area (Å²) in [5, 5.41) is 19.4. The molecule has 0 bridgehead atoms. The summed E-state index contributed by atoms with van der Waals surface area (Å²) in [5.74, 6) is -2.44. The zero-order valence-electron chi connectivity index (χ0n) is 9.34. The van der Waals surface area contributed by atoms with Gasteiger partial charge in [0.25, 0.3) is 0 Å². The van der Waals surface area contributed by atoms with Crippen molar-refractivity contribution in [2.24, 2.45) is 0 Å². The third-order valence-corrected chi connectivity index (χ3v) is 2.07. The molecule has 0 aromatic heterocycles. The number of carboxylic acid groups (broad SMARTS) is 1. The lowest BCUT2D eigenvalue weighted by Gasteiger charge is -2.09. The molecule has 0 saturated carbocycles. The lowest BCUT2D eigenvalue weighted by Crippen LogP contribution is -2.42. The van der Waals surface area contributed by atoms with Crippen LogP contribution in [0.15, 0.2) is 30.3 Å². The number of halogens is 1. The third-order valence-electron chi connectivity index (χ3n) is 2.07. The van der Waals surface area contributed by atoms with Gasteiger partial charge in [0.05, 0.1) is 6.61 Å². The molecule has 5 nitrogen and oxygen atoms in total. The van der Waals surface area contributed by atoms with Crippen molar-refractivity contribution < 1.29 is 24.2 Å². The van der Waals surface area contributed by atoms with Crippen molar-refractivity contribution in [1.29, 1.82) is 0 Å². The second kappa shape index (κ2) is 6.51. The van der Waals surface area contributed by atoms with Crippen LogP contribution in [0.1, 0.15) is 5.56 Å². The number of carboxylic acids is 1. The summed E-state index contributed by atoms with van der Waals surface area (Å²) < 4.78 is 12.8. The average Bonchev–Trinajstić information content (AvgIpc) is 2.33. The van der Waals surface area contributed by atoms with Crippen LogP contribution < -0.4 is 5.32 Å². The maximum Gasteiger partial charge on any atom is 0.328 e. The molecule has 1 amide bonds. The normalized spacial score (nSPS) is 12.3. The Morgan fingerprint density at radius 1 is 1.44 bits per heavy atom. The average molecular weight is 253 g/mol. The Balaban J connectivity index is 2.62. The zero-order valence-corrected chi connectivity index (χ0v) is 9.34. The fourth-order valence-electron chi connectivity index (χ4n) is 1.19. The highest BCUT2D eigenvalue weighted by Gasteiger charge is 2.16. The lowest BCUT2D eigenvalue weighted by atomic mass is 10.2. The van der Waals surface area contributed by atoms with Gasteiger partial charge in [-0.1, -0.05) is 12.1 Å². The Hall–Kier alpha value is -2.21. The second-order valence-electron chi connectivity index (χ2n) is 3.47. The number of nitrogens with one attached hydrogen (secondary N) is 1. The first kappa shape index (κ1) is 13.9. The molecule has 0 spiro atoms. The number of rotatable bonds is 5. The molecule has 1 aromatic rings. The molecule has 1 unspecified atom stereocenters. The van der Waals surface area contributed by atoms with Crippen molar-refractivity contribution in [3.63, 3.8) is 0 Å². The standard InChI is InChI=1S/C12H12FNO4/c13-9-3-1-2-8(6-9)4-5-11(16)14-10(7-15)12(17)18/h1-6,10,15H,7H2,(H,14,16)(H,17,18)/b5-4+. The van der Waals surface area contributed by atoms with Crippen LogP contribution in [-0.2, 0) is 9.59 Å². The van der Waals surface area contributed by atoms with Gasteiger partial charge in [-0.15, -0.1) is 0 Å². The molecule has 0 saturated heterocycles. The number of aliphatic hydroxyl groups is 1. The number of hydrogen-bond donors (Lipinski definition) is 3. The molecule has 0 radical (unpaired) electrons. The Morgan fingerprint density at radius 2 is 2.17 bits per heavy atom. The first-order valence-electron chi connectivity index (χ1n) is 5.10. The van der Waals surface area contributed by atoms with Crippen LogP contribution in [0, 0.1) is 5.82 Å². The SMILES string of the molecule is O=C(/C=C/c1cccc(F)c1)NC(CO)C(=O)O. The van der Waals surface area contributed by atoms with E-state index in [1.54, 1.807) is 6.07 Å². The van der Waals surface area contributed by atoms with Crippen LogP contribution >= 0.6 is 0 Å². The minimum Gasteiger partial charge on any atom is -0.480 e. The van der Waals surface area contributed by atoms with E-state index in [9.17, 15) is 14.0 Å². The fourth-order valence-corrected chi connectivity index (χ4v) is 1.19. The van der Waals surface area contributed by atoms with Crippen LogP contribution in [0.2, 0.25) is 0 Å². The van der Waals surface area contributed by atoms with Gasteiger partial charge in [-0.3, -0.25) is 4.79 Å². The van der Waals surface area contributed by atoms with Gasteiger partial charge in [0.15, 0.2) is 6.04 Å². The van der Waals surface area contributed by atoms with Gasteiger partial charge in [0.2, 0.25) is 5.91 Å². The summed E-state index contributed by atoms with van der Waals surface area (Å²) in [4.78, 5) is 21.8. The number of carbonyl (C=O) groups excluding carboxylic acids is 1. The Morgan fingerprint density at radius 3 is 2.72 bits per heavy atom. The largest absolute Gasteiger partial charge is 0.480 e. The van der Waals surface area contributed by atoms with Crippen molar-refractivity contribution in [1.82, 2.24) is 5.32 Å². The Labute approximate surface area is 103 Å². The van der Waals surface area contributed by atoms with E-state index >= 15 is 0 Å². The molecule has 96 valence electrons. The Bertz CT molecular complexity index is 473. The predicted octanol–water partition coefficient (Wildman–Crippen LogP) is 0.401. The molecule has 0 heterocycles. The van der Waals surface area contributed by atoms with Crippen molar-refractivity contribution in [3.05, 3.63) is 41.7 Å². The van der Waals surface area contributed by atoms with Crippen LogP contribution in [0.5, 0.6) is 0 Å². The summed E-state index contributed by atoms with van der Waals surface area (Å²) >= 11 is 0. The first-order valence-corrected chi connectivity index (χ1v) is 5.10. The van der Waals surface area contributed by atoms with Gasteiger partial charge >= 0.3 is 5.97 Å². The summed E-state index contributed by atoms with van der Waals surface area (Å²) in [6.45, 7) is -0.700. The van der Waals surface area contributed by atoms with Crippen LogP contribution in [0.25, 0.3) is 6.08 Å². The van der Waals surface area contributed by atoms with Gasteiger partial charge in [0, 0.05) is 6.08 Å². The van der Waals surface area contributed by atoms with Crippen molar-refractivity contribution in [3.8, 4) is 0 Å². The lowest BCUT2D eigenvalue weighted by molar-refractivity contribution is -0.142. The summed E-state index contributed by atoms with van der Waals surface area (Å²) in [7, 11) is 0. The van der Waals surface area contributed by atoms with Crippen molar-refractivity contribution >= 4 is 18.0 Å². The molecule has 1 aromatic carbocycles. The molecule has 0 fully saturated rings. The van der Waals surface area contributed by atoms with E-state index in [1.165, 1.54) is 24.3 Å². The van der Waals surface area contributed by atoms with Crippen LogP contribution in [-0.4, -0.2) is 34.7 Å². The van der Waals surface area contributed by atoms with Crippen LogP contribution in [0.3, 0.4) is 0 Å². The summed E-state index contributed by atoms with van der Waals surface area (Å²) in [6.07, 6.45) is 2.41. The molecule has 1 rings (SSSR count). The van der Waals surface area contributed by atoms with E-state index in [-0.39, 0.29) is 0 Å². The quantitative estimate of drug-likeness (QED) is 0.663. The summed E-state index contributed by atoms with van der Waals surface area (Å²) in [6, 6.07) is 4.22. The van der Waals surface area contributed by atoms with E-state index in [4.69, 9.17) is 10.2 Å². The van der Waals surface area contributed by atoms with Gasteiger partial charge in [-0.25, -0.2) is 9.18 Å². The van der Waals surface area contributed by atoms with Crippen molar-refractivity contribution in [2.75, 3.05) is 6.61 Å². The smallest absolute Gasteiger partial charge is 0.328 e. The number of hydrogen-bond acceptors (Lipinski definition) is 3. The van der Waals surface area contributed by atoms with Crippen molar-refractivity contribution in [2.45, 2.75) is 6.04 Å².